The maximum absolute atomic E-state index is 13.2. The molecule has 0 radical (unpaired) electrons. The van der Waals surface area contributed by atoms with E-state index in [1.54, 1.807) is 65.4 Å². The van der Waals surface area contributed by atoms with Crippen molar-refractivity contribution in [3.05, 3.63) is 125 Å². The molecule has 0 saturated carbocycles. The van der Waals surface area contributed by atoms with E-state index in [-0.39, 0.29) is 54.6 Å². The quantitative estimate of drug-likeness (QED) is 0.0262. The minimum Gasteiger partial charge on any atom is -0.748 e. The van der Waals surface area contributed by atoms with Crippen molar-refractivity contribution in [1.82, 2.24) is 10.1 Å². The molecule has 3 aliphatic heterocycles. The molecular formula is C48H56BN5O14S2. The first kappa shape index (κ1) is 53.2. The molecule has 0 aliphatic carbocycles. The van der Waals surface area contributed by atoms with E-state index in [0.717, 1.165) is 16.3 Å². The van der Waals surface area contributed by atoms with Gasteiger partial charge in [0.05, 0.1) is 45.2 Å². The second-order valence-electron chi connectivity index (χ2n) is 17.9. The van der Waals surface area contributed by atoms with Crippen molar-refractivity contribution >= 4 is 73.7 Å². The van der Waals surface area contributed by atoms with Gasteiger partial charge in [-0.05, 0) is 104 Å². The van der Waals surface area contributed by atoms with E-state index in [1.165, 1.54) is 26.3 Å². The Balaban J connectivity index is 1.27. The van der Waals surface area contributed by atoms with E-state index in [1.807, 2.05) is 50.0 Å². The molecule has 1 atom stereocenters. The molecule has 6 rings (SSSR count). The van der Waals surface area contributed by atoms with Crippen molar-refractivity contribution in [3.8, 4) is 0 Å². The zero-order valence-corrected chi connectivity index (χ0v) is 41.1. The van der Waals surface area contributed by atoms with Crippen molar-refractivity contribution in [2.45, 2.75) is 94.4 Å². The number of fused-ring (bicyclic) bond motifs is 2. The van der Waals surface area contributed by atoms with Gasteiger partial charge >= 0.3 is 18.9 Å². The molecule has 3 aromatic rings. The smallest absolute Gasteiger partial charge is 0.488 e. The summed E-state index contributed by atoms with van der Waals surface area (Å²) in [7, 11) is -7.99. The third-order valence-corrected chi connectivity index (χ3v) is 14.1. The molecule has 70 heavy (non-hydrogen) atoms. The van der Waals surface area contributed by atoms with Gasteiger partial charge in [0.1, 0.15) is 6.20 Å². The van der Waals surface area contributed by atoms with Crippen LogP contribution in [0.4, 0.5) is 11.5 Å². The lowest BCUT2D eigenvalue weighted by atomic mass is 9.74. The summed E-state index contributed by atoms with van der Waals surface area (Å²) in [6.45, 7) is 6.35. The molecular weight excluding hydrogens is 945 g/mol. The molecule has 19 nitrogen and oxygen atoms in total. The summed E-state index contributed by atoms with van der Waals surface area (Å²) in [5.74, 6) is -2.33. The average Bonchev–Trinajstić information content (AvgIpc) is 3.84. The zero-order valence-electron chi connectivity index (χ0n) is 39.5. The first-order chi connectivity index (χ1) is 32.9. The van der Waals surface area contributed by atoms with Crippen LogP contribution in [-0.2, 0) is 68.1 Å². The maximum Gasteiger partial charge on any atom is 0.488 e. The number of allylic oxidation sites excluding steroid dienone is 8. The standard InChI is InChI=1S/C48H56BN5O14S2/c1-47(2)38-29-34(46(58)51(4)67-5)32-52(25-15-27-69(61,62)63)45(38)50-40(47)18-10-7-6-8-11-19-41-48(3,31-33-16-14-17-35(28-33)49(59)60)37-30-36(70(64,65)66)21-22-39(37)53(41)26-13-9-12-20-44(57)68-54-42(55)23-24-43(54)56/h6-8,10-11,14,16-19,21-22,28-30,32,59-60H,9,12-13,15,20,23-27,31H2,1-5H3,(H-,61,62,63,64,65,66). The monoisotopic (exact) mass is 1000 g/mol. The van der Waals surface area contributed by atoms with Crippen LogP contribution in [0, 0.1) is 0 Å². The van der Waals surface area contributed by atoms with Crippen LogP contribution < -0.4 is 14.9 Å². The van der Waals surface area contributed by atoms with Crippen molar-refractivity contribution in [2.24, 2.45) is 4.99 Å². The van der Waals surface area contributed by atoms with Gasteiger partial charge in [-0.2, -0.15) is 8.42 Å². The number of aliphatic imine (C=N–C) groups is 1. The van der Waals surface area contributed by atoms with Gasteiger partial charge in [-0.1, -0.05) is 61.1 Å². The lowest BCUT2D eigenvalue weighted by Gasteiger charge is -2.31. The number of aromatic nitrogens is 1. The number of anilines is 1. The Bertz CT molecular complexity index is 2920. The molecule has 2 aromatic carbocycles. The minimum absolute atomic E-state index is 0.00934. The van der Waals surface area contributed by atoms with Crippen LogP contribution in [0.25, 0.3) is 0 Å². The van der Waals surface area contributed by atoms with E-state index >= 15 is 0 Å². The fourth-order valence-electron chi connectivity index (χ4n) is 8.72. The van der Waals surface area contributed by atoms with Gasteiger partial charge in [0.2, 0.25) is 0 Å². The number of aryl methyl sites for hydroxylation is 1. The van der Waals surface area contributed by atoms with E-state index in [0.29, 0.717) is 59.2 Å². The van der Waals surface area contributed by atoms with Gasteiger partial charge in [0.25, 0.3) is 27.8 Å². The van der Waals surface area contributed by atoms with Crippen LogP contribution in [-0.4, -0.2) is 109 Å². The van der Waals surface area contributed by atoms with Crippen LogP contribution in [0.1, 0.15) is 92.8 Å². The highest BCUT2D eigenvalue weighted by Gasteiger charge is 2.45. The first-order valence-electron chi connectivity index (χ1n) is 22.5. The number of hydroxylamine groups is 4. The fraction of sp³-hybridized carbons (Fsp3) is 0.375. The van der Waals surface area contributed by atoms with Gasteiger partial charge in [-0.15, -0.1) is 5.06 Å². The molecule has 1 saturated heterocycles. The van der Waals surface area contributed by atoms with Crippen molar-refractivity contribution in [3.63, 3.8) is 0 Å². The summed E-state index contributed by atoms with van der Waals surface area (Å²) in [6.07, 6.45) is 16.0. The second-order valence-corrected chi connectivity index (χ2v) is 20.8. The van der Waals surface area contributed by atoms with Gasteiger partial charge in [-0.25, -0.2) is 22.8 Å². The summed E-state index contributed by atoms with van der Waals surface area (Å²) in [5.41, 5.74) is 3.03. The van der Waals surface area contributed by atoms with Gasteiger partial charge < -0.3 is 24.3 Å². The predicted molar refractivity (Wildman–Crippen MR) is 257 cm³/mol. The molecule has 1 aromatic heterocycles. The Labute approximate surface area is 407 Å². The van der Waals surface area contributed by atoms with E-state index < -0.39 is 67.6 Å². The number of pyridine rings is 1. The molecule has 22 heteroatoms. The third kappa shape index (κ3) is 12.4. The van der Waals surface area contributed by atoms with Crippen LogP contribution in [0.15, 0.2) is 113 Å². The molecule has 0 spiro atoms. The predicted octanol–water partition coefficient (Wildman–Crippen LogP) is 3.57. The molecule has 372 valence electrons. The SMILES string of the molecule is CON(C)C(=O)c1cc2c([n+](CCCS(=O)(=O)[O-])c1)N=C(/C=C/C=C/C=C/C=C1/N(CCCCCC(=O)ON3C(=O)CCC3=O)c3ccc(S(=O)(=O)O)cc3C1(C)Cc1cccc(B(O)O)c1)C2(C)C. The Morgan fingerprint density at radius 2 is 1.63 bits per heavy atom. The summed E-state index contributed by atoms with van der Waals surface area (Å²) in [6, 6.07) is 12.9. The Kier molecular flexibility index (Phi) is 16.6. The second kappa shape index (κ2) is 21.9. The molecule has 1 fully saturated rings. The number of nitrogens with zero attached hydrogens (tertiary/aromatic N) is 5. The number of rotatable bonds is 21. The van der Waals surface area contributed by atoms with Gasteiger partial charge in [0.15, 0.2) is 5.71 Å². The van der Waals surface area contributed by atoms with Crippen LogP contribution in [0.3, 0.4) is 0 Å². The Morgan fingerprint density at radius 1 is 0.929 bits per heavy atom. The van der Waals surface area contributed by atoms with E-state index in [2.05, 4.69) is 0 Å². The molecule has 1 unspecified atom stereocenters. The largest absolute Gasteiger partial charge is 0.748 e. The lowest BCUT2D eigenvalue weighted by Crippen LogP contribution is -2.38. The summed E-state index contributed by atoms with van der Waals surface area (Å²) >= 11 is 0. The normalized spacial score (nSPS) is 18.4. The maximum atomic E-state index is 13.2. The number of hydrogen-bond acceptors (Lipinski definition) is 15. The molecule has 3 N–H and O–H groups in total. The summed E-state index contributed by atoms with van der Waals surface area (Å²) in [4.78, 5) is 66.2. The Hall–Kier alpha value is -6.14. The molecule has 4 heterocycles. The van der Waals surface area contributed by atoms with E-state index in [9.17, 15) is 55.2 Å². The van der Waals surface area contributed by atoms with Gasteiger partial charge in [-0.3, -0.25) is 23.8 Å². The van der Waals surface area contributed by atoms with Crippen LogP contribution >= 0.6 is 0 Å². The van der Waals surface area contributed by atoms with Crippen molar-refractivity contribution in [2.75, 3.05) is 31.4 Å². The third-order valence-electron chi connectivity index (χ3n) is 12.5. The van der Waals surface area contributed by atoms with Crippen LogP contribution in [0.5, 0.6) is 0 Å². The highest BCUT2D eigenvalue weighted by atomic mass is 32.2. The minimum atomic E-state index is -4.61. The topological polar surface area (TPSA) is 265 Å². The lowest BCUT2D eigenvalue weighted by molar-refractivity contribution is -0.684. The number of carbonyl (C=O) groups excluding carboxylic acids is 4. The first-order valence-corrected chi connectivity index (χ1v) is 25.5. The average molecular weight is 1000 g/mol. The van der Waals surface area contributed by atoms with Crippen molar-refractivity contribution < 1.29 is 69.4 Å². The highest BCUT2D eigenvalue weighted by Crippen LogP contribution is 2.50. The zero-order chi connectivity index (χ0) is 51.2. The number of carbonyl (C=O) groups is 4. The van der Waals surface area contributed by atoms with Crippen LogP contribution in [0.2, 0.25) is 0 Å². The highest BCUT2D eigenvalue weighted by molar-refractivity contribution is 7.86. The molecule has 0 bridgehead atoms. The number of hydrogen-bond donors (Lipinski definition) is 3. The summed E-state index contributed by atoms with van der Waals surface area (Å²) in [5, 5.41) is 21.5. The van der Waals surface area contributed by atoms with E-state index in [4.69, 9.17) is 14.7 Å². The molecule has 3 aliphatic rings. The number of imide groups is 1. The molecule has 3 amide bonds. The van der Waals surface area contributed by atoms with Gasteiger partial charge in [0, 0.05) is 55.4 Å². The number of benzene rings is 2. The Morgan fingerprint density at radius 3 is 2.30 bits per heavy atom. The fourth-order valence-corrected chi connectivity index (χ4v) is 9.71. The summed E-state index contributed by atoms with van der Waals surface area (Å²) < 4.78 is 70.9. The number of unbranched alkanes of at least 4 members (excludes halogenated alkanes) is 2. The van der Waals surface area contributed by atoms with Crippen molar-refractivity contribution in [1.29, 1.82) is 0 Å². The number of amides is 3.